The Morgan fingerprint density at radius 3 is 2.51 bits per heavy atom. The van der Waals surface area contributed by atoms with Crippen molar-refractivity contribution in [2.75, 3.05) is 16.0 Å². The lowest BCUT2D eigenvalue weighted by atomic mass is 10.1. The third kappa shape index (κ3) is 5.34. The van der Waals surface area contributed by atoms with E-state index < -0.39 is 0 Å². The van der Waals surface area contributed by atoms with Gasteiger partial charge in [0, 0.05) is 45.3 Å². The number of nitrogens with zero attached hydrogens (tertiary/aromatic N) is 2. The summed E-state index contributed by atoms with van der Waals surface area (Å²) in [6.07, 6.45) is 4.61. The minimum absolute atomic E-state index is 0.289. The Morgan fingerprint density at radius 2 is 1.70 bits per heavy atom. The van der Waals surface area contributed by atoms with E-state index in [1.165, 1.54) is 6.08 Å². The summed E-state index contributed by atoms with van der Waals surface area (Å²) in [5.41, 5.74) is 4.76. The van der Waals surface area contributed by atoms with Crippen LogP contribution in [-0.2, 0) is 4.79 Å². The van der Waals surface area contributed by atoms with Crippen molar-refractivity contribution in [2.24, 2.45) is 0 Å². The van der Waals surface area contributed by atoms with Crippen LogP contribution in [0.3, 0.4) is 0 Å². The number of fused-ring (bicyclic) bond motifs is 1. The van der Waals surface area contributed by atoms with Crippen LogP contribution in [0, 0.1) is 0 Å². The molecular formula is C28H21ClN6O2. The number of H-pyrrole nitrogens is 1. The van der Waals surface area contributed by atoms with Crippen molar-refractivity contribution in [3.63, 3.8) is 0 Å². The zero-order valence-electron chi connectivity index (χ0n) is 19.5. The number of hydrogen-bond acceptors (Lipinski definition) is 5. The van der Waals surface area contributed by atoms with E-state index in [2.05, 4.69) is 37.5 Å². The van der Waals surface area contributed by atoms with E-state index >= 15 is 0 Å². The average molecular weight is 509 g/mol. The lowest BCUT2D eigenvalue weighted by Gasteiger charge is -2.10. The van der Waals surface area contributed by atoms with Crippen molar-refractivity contribution in [1.82, 2.24) is 15.0 Å². The number of anilines is 4. The molecule has 0 fully saturated rings. The zero-order chi connectivity index (χ0) is 25.8. The van der Waals surface area contributed by atoms with Crippen molar-refractivity contribution in [2.45, 2.75) is 0 Å². The average Bonchev–Trinajstić information content (AvgIpc) is 3.34. The molecule has 3 aromatic carbocycles. The topological polar surface area (TPSA) is 112 Å². The van der Waals surface area contributed by atoms with E-state index in [-0.39, 0.29) is 11.8 Å². The van der Waals surface area contributed by atoms with Crippen LogP contribution in [-0.4, -0.2) is 26.8 Å². The van der Waals surface area contributed by atoms with E-state index in [0.717, 1.165) is 16.5 Å². The number of benzene rings is 3. The second-order valence-corrected chi connectivity index (χ2v) is 8.48. The van der Waals surface area contributed by atoms with Gasteiger partial charge in [0.05, 0.1) is 16.9 Å². The molecule has 0 aliphatic carbocycles. The molecule has 2 aromatic heterocycles. The van der Waals surface area contributed by atoms with Gasteiger partial charge in [-0.2, -0.15) is 0 Å². The van der Waals surface area contributed by atoms with Crippen molar-refractivity contribution in [3.05, 3.63) is 108 Å². The van der Waals surface area contributed by atoms with Gasteiger partial charge in [0.2, 0.25) is 11.9 Å². The number of halogens is 1. The van der Waals surface area contributed by atoms with Gasteiger partial charge >= 0.3 is 0 Å². The highest BCUT2D eigenvalue weighted by atomic mass is 35.5. The third-order valence-corrected chi connectivity index (χ3v) is 5.84. The molecule has 0 saturated carbocycles. The number of hydrogen-bond donors (Lipinski definition) is 4. The second-order valence-electron chi connectivity index (χ2n) is 8.07. The first-order valence-electron chi connectivity index (χ1n) is 11.3. The number of carbonyl (C=O) groups is 2. The van der Waals surface area contributed by atoms with Crippen LogP contribution >= 0.6 is 11.6 Å². The molecule has 0 aliphatic heterocycles. The highest BCUT2D eigenvalue weighted by Gasteiger charge is 2.13. The van der Waals surface area contributed by atoms with Gasteiger partial charge in [0.25, 0.3) is 5.91 Å². The first-order valence-corrected chi connectivity index (χ1v) is 11.7. The molecule has 5 rings (SSSR count). The molecule has 0 unspecified atom stereocenters. The van der Waals surface area contributed by atoms with Crippen LogP contribution in [0.4, 0.5) is 23.0 Å². The monoisotopic (exact) mass is 508 g/mol. The minimum Gasteiger partial charge on any atom is -0.360 e. The standard InChI is InChI=1S/C28H21ClN6O2/c1-2-25(36)32-18-12-10-17(11-13-18)27(37)33-19-6-5-7-20(14-19)34-28-31-16-23(29)26(35-28)22-15-30-24-9-4-3-8-21(22)24/h2-16,30H,1H2,(H,32,36)(H,33,37)(H,31,34,35). The Balaban J connectivity index is 1.31. The molecule has 0 atom stereocenters. The lowest BCUT2D eigenvalue weighted by molar-refractivity contribution is -0.111. The Labute approximate surface area is 217 Å². The third-order valence-electron chi connectivity index (χ3n) is 5.57. The van der Waals surface area contributed by atoms with E-state index in [9.17, 15) is 9.59 Å². The second kappa shape index (κ2) is 10.3. The fraction of sp³-hybridized carbons (Fsp3) is 0. The fourth-order valence-electron chi connectivity index (χ4n) is 3.79. The maximum absolute atomic E-state index is 12.7. The summed E-state index contributed by atoms with van der Waals surface area (Å²) < 4.78 is 0. The number of rotatable bonds is 7. The van der Waals surface area contributed by atoms with Crippen LogP contribution in [0.5, 0.6) is 0 Å². The van der Waals surface area contributed by atoms with Gasteiger partial charge < -0.3 is 20.9 Å². The van der Waals surface area contributed by atoms with Gasteiger partial charge in [0.15, 0.2) is 0 Å². The fourth-order valence-corrected chi connectivity index (χ4v) is 3.98. The highest BCUT2D eigenvalue weighted by Crippen LogP contribution is 2.32. The van der Waals surface area contributed by atoms with Crippen LogP contribution in [0.15, 0.2) is 97.8 Å². The number of amides is 2. The molecule has 9 heteroatoms. The maximum atomic E-state index is 12.7. The summed E-state index contributed by atoms with van der Waals surface area (Å²) in [5, 5.41) is 10.1. The molecule has 182 valence electrons. The van der Waals surface area contributed by atoms with Crippen molar-refractivity contribution < 1.29 is 9.59 Å². The molecular weight excluding hydrogens is 488 g/mol. The van der Waals surface area contributed by atoms with Crippen molar-refractivity contribution in [3.8, 4) is 11.3 Å². The molecule has 0 saturated heterocycles. The number of aromatic nitrogens is 3. The predicted molar refractivity (Wildman–Crippen MR) is 147 cm³/mol. The summed E-state index contributed by atoms with van der Waals surface area (Å²) in [5.74, 6) is -0.242. The summed E-state index contributed by atoms with van der Waals surface area (Å²) >= 11 is 6.43. The van der Waals surface area contributed by atoms with E-state index in [0.29, 0.717) is 39.3 Å². The predicted octanol–water partition coefficient (Wildman–Crippen LogP) is 6.40. The van der Waals surface area contributed by atoms with Gasteiger partial charge in [-0.1, -0.05) is 42.4 Å². The van der Waals surface area contributed by atoms with Crippen molar-refractivity contribution in [1.29, 1.82) is 0 Å². The molecule has 0 spiro atoms. The number of nitrogens with one attached hydrogen (secondary N) is 4. The van der Waals surface area contributed by atoms with Crippen LogP contribution in [0.2, 0.25) is 5.02 Å². The Morgan fingerprint density at radius 1 is 0.919 bits per heavy atom. The Kier molecular flexibility index (Phi) is 6.65. The smallest absolute Gasteiger partial charge is 0.255 e. The SMILES string of the molecule is C=CC(=O)Nc1ccc(C(=O)Nc2cccc(Nc3ncc(Cl)c(-c4c[nH]c5ccccc45)n3)c2)cc1. The molecule has 0 aliphatic rings. The lowest BCUT2D eigenvalue weighted by Crippen LogP contribution is -2.12. The van der Waals surface area contributed by atoms with Crippen molar-refractivity contribution >= 4 is 57.3 Å². The number of aromatic amines is 1. The quantitative estimate of drug-likeness (QED) is 0.190. The summed E-state index contributed by atoms with van der Waals surface area (Å²) in [6.45, 7) is 3.42. The Bertz CT molecular complexity index is 1630. The van der Waals surface area contributed by atoms with E-state index in [1.807, 2.05) is 42.6 Å². The molecule has 4 N–H and O–H groups in total. The maximum Gasteiger partial charge on any atom is 0.255 e. The summed E-state index contributed by atoms with van der Waals surface area (Å²) in [7, 11) is 0. The van der Waals surface area contributed by atoms with Crippen LogP contribution in [0.25, 0.3) is 22.2 Å². The summed E-state index contributed by atoms with van der Waals surface area (Å²) in [6, 6.07) is 21.7. The molecule has 5 aromatic rings. The molecule has 0 bridgehead atoms. The normalized spacial score (nSPS) is 10.6. The molecule has 8 nitrogen and oxygen atoms in total. The van der Waals surface area contributed by atoms with Gasteiger partial charge in [-0.3, -0.25) is 9.59 Å². The van der Waals surface area contributed by atoms with Gasteiger partial charge in [-0.25, -0.2) is 9.97 Å². The Hall–Kier alpha value is -4.95. The summed E-state index contributed by atoms with van der Waals surface area (Å²) in [4.78, 5) is 36.3. The first kappa shape index (κ1) is 23.8. The molecule has 37 heavy (non-hydrogen) atoms. The van der Waals surface area contributed by atoms with Gasteiger partial charge in [-0.15, -0.1) is 0 Å². The number of para-hydroxylation sites is 1. The van der Waals surface area contributed by atoms with Crippen LogP contribution in [0.1, 0.15) is 10.4 Å². The highest BCUT2D eigenvalue weighted by molar-refractivity contribution is 6.33. The zero-order valence-corrected chi connectivity index (χ0v) is 20.2. The molecule has 2 amide bonds. The minimum atomic E-state index is -0.320. The first-order chi connectivity index (χ1) is 18.0. The van der Waals surface area contributed by atoms with Crippen LogP contribution < -0.4 is 16.0 Å². The van der Waals surface area contributed by atoms with Gasteiger partial charge in [0.1, 0.15) is 0 Å². The van der Waals surface area contributed by atoms with E-state index in [4.69, 9.17) is 11.6 Å². The molecule has 0 radical (unpaired) electrons. The molecule has 2 heterocycles. The van der Waals surface area contributed by atoms with E-state index in [1.54, 1.807) is 42.6 Å². The largest absolute Gasteiger partial charge is 0.360 e. The number of carbonyl (C=O) groups excluding carboxylic acids is 2. The van der Waals surface area contributed by atoms with Gasteiger partial charge in [-0.05, 0) is 54.6 Å².